The summed E-state index contributed by atoms with van der Waals surface area (Å²) in [6, 6.07) is 2.82. The van der Waals surface area contributed by atoms with Crippen molar-refractivity contribution in [2.75, 3.05) is 6.54 Å². The number of aliphatic hydroxyl groups is 2. The average molecular weight is 254 g/mol. The van der Waals surface area contributed by atoms with Crippen LogP contribution in [0.4, 0.5) is 8.78 Å². The normalized spacial score (nSPS) is 13.3. The van der Waals surface area contributed by atoms with Crippen molar-refractivity contribution >= 4 is 0 Å². The van der Waals surface area contributed by atoms with Gasteiger partial charge in [0.2, 0.25) is 0 Å². The molecule has 94 valence electrons. The Morgan fingerprint density at radius 2 is 1.94 bits per heavy atom. The van der Waals surface area contributed by atoms with Gasteiger partial charge < -0.3 is 10.2 Å². The van der Waals surface area contributed by atoms with E-state index in [1.807, 2.05) is 0 Å². The van der Waals surface area contributed by atoms with Crippen LogP contribution in [0.5, 0.6) is 0 Å². The molecule has 8 heteroatoms. The predicted octanol–water partition coefficient (Wildman–Crippen LogP) is 1.54. The van der Waals surface area contributed by atoms with Crippen molar-refractivity contribution in [2.24, 2.45) is 5.11 Å². The van der Waals surface area contributed by atoms with Gasteiger partial charge in [-0.15, -0.1) is 0 Å². The molecule has 6 nitrogen and oxygen atoms in total. The van der Waals surface area contributed by atoms with Gasteiger partial charge in [0.1, 0.15) is 29.4 Å². The third kappa shape index (κ3) is 2.93. The minimum absolute atomic E-state index is 0.246. The third-order valence-corrected chi connectivity index (χ3v) is 2.21. The Bertz CT molecular complexity index is 514. The van der Waals surface area contributed by atoms with E-state index in [1.165, 1.54) is 6.07 Å². The largest absolute Gasteiger partial charge is 0.390 e. The van der Waals surface area contributed by atoms with E-state index in [4.69, 9.17) is 10.8 Å². The molecular formula is C10H8F2N4O2. The molecular weight excluding hydrogens is 246 g/mol. The molecule has 0 amide bonds. The average Bonchev–Trinajstić information content (AvgIpc) is 2.34. The number of hydrogen-bond acceptors (Lipinski definition) is 4. The Morgan fingerprint density at radius 3 is 2.39 bits per heavy atom. The smallest absolute Gasteiger partial charge is 0.144 e. The summed E-state index contributed by atoms with van der Waals surface area (Å²) < 4.78 is 26.5. The van der Waals surface area contributed by atoms with Gasteiger partial charge in [-0.1, -0.05) is 5.11 Å². The molecule has 1 rings (SSSR count). The first-order chi connectivity index (χ1) is 8.51. The summed E-state index contributed by atoms with van der Waals surface area (Å²) in [5.74, 6) is -2.27. The highest BCUT2D eigenvalue weighted by Gasteiger charge is 2.21. The van der Waals surface area contributed by atoms with Gasteiger partial charge in [0.25, 0.3) is 0 Å². The fourth-order valence-electron chi connectivity index (χ4n) is 1.31. The fourth-order valence-corrected chi connectivity index (χ4v) is 1.31. The lowest BCUT2D eigenvalue weighted by molar-refractivity contribution is 0.0240. The van der Waals surface area contributed by atoms with Crippen LogP contribution in [-0.4, -0.2) is 22.9 Å². The molecule has 2 unspecified atom stereocenters. The zero-order valence-corrected chi connectivity index (χ0v) is 8.96. The van der Waals surface area contributed by atoms with Gasteiger partial charge in [-0.2, -0.15) is 5.26 Å². The van der Waals surface area contributed by atoms with Crippen LogP contribution < -0.4 is 0 Å². The first kappa shape index (κ1) is 13.9. The fraction of sp³-hybridized carbons (Fsp3) is 0.300. The second-order valence-electron chi connectivity index (χ2n) is 3.40. The molecule has 0 aliphatic carbocycles. The number of nitrogens with zero attached hydrogens (tertiary/aromatic N) is 4. The van der Waals surface area contributed by atoms with E-state index in [2.05, 4.69) is 10.0 Å². The second kappa shape index (κ2) is 5.93. The van der Waals surface area contributed by atoms with Crippen molar-refractivity contribution in [3.8, 4) is 6.07 Å². The number of hydrogen-bond donors (Lipinski definition) is 2. The molecule has 0 saturated carbocycles. The van der Waals surface area contributed by atoms with Gasteiger partial charge in [-0.05, 0) is 23.2 Å². The van der Waals surface area contributed by atoms with Crippen LogP contribution in [0, 0.1) is 23.0 Å². The number of benzene rings is 1. The highest BCUT2D eigenvalue weighted by Crippen LogP contribution is 2.22. The molecule has 0 spiro atoms. The van der Waals surface area contributed by atoms with Crippen molar-refractivity contribution in [2.45, 2.75) is 12.2 Å². The zero-order valence-electron chi connectivity index (χ0n) is 8.96. The summed E-state index contributed by atoms with van der Waals surface area (Å²) in [6.45, 7) is -0.444. The number of nitriles is 1. The Kier molecular flexibility index (Phi) is 4.57. The topological polar surface area (TPSA) is 113 Å². The van der Waals surface area contributed by atoms with E-state index in [1.54, 1.807) is 0 Å². The maximum absolute atomic E-state index is 13.2. The third-order valence-electron chi connectivity index (χ3n) is 2.21. The van der Waals surface area contributed by atoms with Crippen LogP contribution in [0.1, 0.15) is 17.2 Å². The standard InChI is InChI=1S/C10H8F2N4O2/c11-7-1-5(2-8(12)6(7)3-13)10(18)9(17)4-15-16-14/h1-2,9-10,17-18H,4H2. The molecule has 1 aromatic rings. The maximum Gasteiger partial charge on any atom is 0.144 e. The monoisotopic (exact) mass is 254 g/mol. The lowest BCUT2D eigenvalue weighted by Crippen LogP contribution is -2.21. The summed E-state index contributed by atoms with van der Waals surface area (Å²) in [6.07, 6.45) is -3.11. The molecule has 0 aromatic heterocycles. The molecule has 18 heavy (non-hydrogen) atoms. The van der Waals surface area contributed by atoms with Crippen molar-refractivity contribution in [1.29, 1.82) is 5.26 Å². The Balaban J connectivity index is 3.04. The first-order valence-corrected chi connectivity index (χ1v) is 4.77. The predicted molar refractivity (Wildman–Crippen MR) is 56.1 cm³/mol. The van der Waals surface area contributed by atoms with Crippen LogP contribution in [0.2, 0.25) is 0 Å². The van der Waals surface area contributed by atoms with E-state index >= 15 is 0 Å². The SMILES string of the molecule is N#Cc1c(F)cc(C(O)C(O)CN=[N+]=[N-])cc1F. The number of azide groups is 1. The van der Waals surface area contributed by atoms with Gasteiger partial charge in [-0.25, -0.2) is 8.78 Å². The highest BCUT2D eigenvalue weighted by atomic mass is 19.1. The van der Waals surface area contributed by atoms with E-state index < -0.39 is 36.0 Å². The van der Waals surface area contributed by atoms with E-state index in [0.29, 0.717) is 0 Å². The van der Waals surface area contributed by atoms with Gasteiger partial charge in [0.05, 0.1) is 12.6 Å². The molecule has 0 bridgehead atoms. The van der Waals surface area contributed by atoms with Crippen molar-refractivity contribution in [3.63, 3.8) is 0 Å². The number of aliphatic hydroxyl groups excluding tert-OH is 2. The molecule has 0 aliphatic rings. The van der Waals surface area contributed by atoms with E-state index in [-0.39, 0.29) is 5.56 Å². The highest BCUT2D eigenvalue weighted by molar-refractivity contribution is 5.36. The van der Waals surface area contributed by atoms with Crippen LogP contribution in [0.3, 0.4) is 0 Å². The van der Waals surface area contributed by atoms with E-state index in [9.17, 15) is 19.0 Å². The quantitative estimate of drug-likeness (QED) is 0.482. The molecule has 2 atom stereocenters. The van der Waals surface area contributed by atoms with Crippen LogP contribution in [-0.2, 0) is 0 Å². The summed E-state index contributed by atoms with van der Waals surface area (Å²) in [5.41, 5.74) is 7.02. The second-order valence-corrected chi connectivity index (χ2v) is 3.40. The molecule has 0 radical (unpaired) electrons. The number of rotatable bonds is 4. The first-order valence-electron chi connectivity index (χ1n) is 4.77. The van der Waals surface area contributed by atoms with Crippen LogP contribution in [0.25, 0.3) is 10.4 Å². The van der Waals surface area contributed by atoms with Crippen molar-refractivity contribution < 1.29 is 19.0 Å². The molecule has 2 N–H and O–H groups in total. The van der Waals surface area contributed by atoms with Gasteiger partial charge in [-0.3, -0.25) is 0 Å². The summed E-state index contributed by atoms with van der Waals surface area (Å²) in [5, 5.41) is 30.4. The van der Waals surface area contributed by atoms with Gasteiger partial charge >= 0.3 is 0 Å². The summed E-state index contributed by atoms with van der Waals surface area (Å²) in [7, 11) is 0. The minimum Gasteiger partial charge on any atom is -0.390 e. The Hall–Kier alpha value is -2.20. The van der Waals surface area contributed by atoms with Crippen LogP contribution in [0.15, 0.2) is 17.2 Å². The van der Waals surface area contributed by atoms with Crippen molar-refractivity contribution in [1.82, 2.24) is 0 Å². The summed E-state index contributed by atoms with van der Waals surface area (Å²) >= 11 is 0. The minimum atomic E-state index is -1.62. The molecule has 0 saturated heterocycles. The maximum atomic E-state index is 13.2. The Morgan fingerprint density at radius 1 is 1.39 bits per heavy atom. The van der Waals surface area contributed by atoms with Crippen LogP contribution >= 0.6 is 0 Å². The molecule has 0 aliphatic heterocycles. The Labute approximate surface area is 100 Å². The lowest BCUT2D eigenvalue weighted by atomic mass is 10.0. The number of halogens is 2. The van der Waals surface area contributed by atoms with Crippen molar-refractivity contribution in [3.05, 3.63) is 45.3 Å². The molecule has 0 fully saturated rings. The van der Waals surface area contributed by atoms with E-state index in [0.717, 1.165) is 12.1 Å². The lowest BCUT2D eigenvalue weighted by Gasteiger charge is -2.16. The molecule has 0 heterocycles. The summed E-state index contributed by atoms with van der Waals surface area (Å²) in [4.78, 5) is 2.38. The van der Waals surface area contributed by atoms with Gasteiger partial charge in [0, 0.05) is 4.91 Å². The molecule has 1 aromatic carbocycles. The van der Waals surface area contributed by atoms with Gasteiger partial charge in [0.15, 0.2) is 0 Å². The zero-order chi connectivity index (χ0) is 13.7.